The number of aliphatic hydroxyl groups excluding tert-OH is 2. The number of benzene rings is 1. The molecular formula is C11H14BrNO4. The summed E-state index contributed by atoms with van der Waals surface area (Å²) in [5.41, 5.74) is 0. The Morgan fingerprint density at radius 1 is 1.41 bits per heavy atom. The molecule has 1 rings (SSSR count). The molecule has 0 saturated heterocycles. The number of ether oxygens (including phenoxy) is 1. The SMILES string of the molecule is O=C(COc1ccc(Br)cc1)NCC(O)CO. The van der Waals surface area contributed by atoms with Crippen LogP contribution in [0.25, 0.3) is 0 Å². The molecule has 17 heavy (non-hydrogen) atoms. The molecule has 0 bridgehead atoms. The van der Waals surface area contributed by atoms with Crippen LogP contribution >= 0.6 is 15.9 Å². The van der Waals surface area contributed by atoms with E-state index >= 15 is 0 Å². The smallest absolute Gasteiger partial charge is 0.258 e. The molecule has 0 aliphatic heterocycles. The molecule has 0 radical (unpaired) electrons. The maximum absolute atomic E-state index is 11.3. The first kappa shape index (κ1) is 14.0. The largest absolute Gasteiger partial charge is 0.484 e. The Kier molecular flexibility index (Phi) is 5.96. The molecule has 0 aromatic heterocycles. The summed E-state index contributed by atoms with van der Waals surface area (Å²) in [5.74, 6) is 0.242. The zero-order chi connectivity index (χ0) is 12.7. The molecular weight excluding hydrogens is 290 g/mol. The van der Waals surface area contributed by atoms with Gasteiger partial charge in [-0.2, -0.15) is 0 Å². The zero-order valence-electron chi connectivity index (χ0n) is 9.10. The molecule has 3 N–H and O–H groups in total. The van der Waals surface area contributed by atoms with Crippen LogP contribution in [0.5, 0.6) is 5.75 Å². The highest BCUT2D eigenvalue weighted by Gasteiger charge is 2.06. The van der Waals surface area contributed by atoms with Crippen molar-refractivity contribution in [3.05, 3.63) is 28.7 Å². The number of amides is 1. The lowest BCUT2D eigenvalue weighted by Gasteiger charge is -2.09. The van der Waals surface area contributed by atoms with Gasteiger partial charge in [0.2, 0.25) is 0 Å². The van der Waals surface area contributed by atoms with Gasteiger partial charge in [0.05, 0.1) is 12.7 Å². The van der Waals surface area contributed by atoms with Crippen molar-refractivity contribution >= 4 is 21.8 Å². The highest BCUT2D eigenvalue weighted by Crippen LogP contribution is 2.15. The van der Waals surface area contributed by atoms with Crippen molar-refractivity contribution in [2.45, 2.75) is 6.10 Å². The predicted octanol–water partition coefficient (Wildman–Crippen LogP) is 0.297. The summed E-state index contributed by atoms with van der Waals surface area (Å²) >= 11 is 3.29. The molecule has 1 aromatic carbocycles. The minimum Gasteiger partial charge on any atom is -0.484 e. The quantitative estimate of drug-likeness (QED) is 0.706. The number of hydrogen-bond acceptors (Lipinski definition) is 4. The molecule has 0 heterocycles. The van der Waals surface area contributed by atoms with Gasteiger partial charge < -0.3 is 20.3 Å². The number of carbonyl (C=O) groups is 1. The maximum Gasteiger partial charge on any atom is 0.258 e. The maximum atomic E-state index is 11.3. The normalized spacial score (nSPS) is 11.9. The summed E-state index contributed by atoms with van der Waals surface area (Å²) in [6, 6.07) is 7.09. The summed E-state index contributed by atoms with van der Waals surface area (Å²) in [5, 5.41) is 20.0. The van der Waals surface area contributed by atoms with Gasteiger partial charge in [-0.25, -0.2) is 0 Å². The van der Waals surface area contributed by atoms with Gasteiger partial charge in [-0.3, -0.25) is 4.79 Å². The second-order valence-corrected chi connectivity index (χ2v) is 4.30. The van der Waals surface area contributed by atoms with Gasteiger partial charge in [-0.05, 0) is 24.3 Å². The van der Waals surface area contributed by atoms with Gasteiger partial charge in [0.25, 0.3) is 5.91 Å². The Balaban J connectivity index is 2.26. The van der Waals surface area contributed by atoms with Crippen LogP contribution in [-0.4, -0.2) is 42.0 Å². The van der Waals surface area contributed by atoms with Crippen molar-refractivity contribution in [3.8, 4) is 5.75 Å². The second-order valence-electron chi connectivity index (χ2n) is 3.38. The molecule has 5 nitrogen and oxygen atoms in total. The molecule has 1 aromatic rings. The summed E-state index contributed by atoms with van der Waals surface area (Å²) in [6.45, 7) is -0.493. The molecule has 1 unspecified atom stereocenters. The number of halogens is 1. The molecule has 1 amide bonds. The van der Waals surface area contributed by atoms with E-state index in [9.17, 15) is 4.79 Å². The van der Waals surface area contributed by atoms with E-state index in [4.69, 9.17) is 14.9 Å². The highest BCUT2D eigenvalue weighted by atomic mass is 79.9. The Hall–Kier alpha value is -1.11. The van der Waals surface area contributed by atoms with Crippen LogP contribution in [0.3, 0.4) is 0 Å². The standard InChI is InChI=1S/C11H14BrNO4/c12-8-1-3-10(4-2-8)17-7-11(16)13-5-9(15)6-14/h1-4,9,14-15H,5-7H2,(H,13,16). The van der Waals surface area contributed by atoms with Crippen LogP contribution in [0.1, 0.15) is 0 Å². The fourth-order valence-corrected chi connectivity index (χ4v) is 1.29. The topological polar surface area (TPSA) is 78.8 Å². The van der Waals surface area contributed by atoms with Crippen molar-refractivity contribution in [2.24, 2.45) is 0 Å². The first-order chi connectivity index (χ1) is 8.11. The van der Waals surface area contributed by atoms with E-state index in [1.54, 1.807) is 12.1 Å². The third kappa shape index (κ3) is 5.67. The van der Waals surface area contributed by atoms with E-state index in [0.29, 0.717) is 5.75 Å². The van der Waals surface area contributed by atoms with E-state index in [0.717, 1.165) is 4.47 Å². The number of aliphatic hydroxyl groups is 2. The highest BCUT2D eigenvalue weighted by molar-refractivity contribution is 9.10. The minimum atomic E-state index is -0.938. The van der Waals surface area contributed by atoms with Crippen LogP contribution in [-0.2, 0) is 4.79 Å². The van der Waals surface area contributed by atoms with E-state index in [-0.39, 0.29) is 25.7 Å². The molecule has 94 valence electrons. The van der Waals surface area contributed by atoms with Gasteiger partial charge >= 0.3 is 0 Å². The van der Waals surface area contributed by atoms with Gasteiger partial charge in [0, 0.05) is 11.0 Å². The van der Waals surface area contributed by atoms with Gasteiger partial charge in [0.1, 0.15) is 5.75 Å². The third-order valence-corrected chi connectivity index (χ3v) is 2.46. The van der Waals surface area contributed by atoms with Crippen molar-refractivity contribution in [3.63, 3.8) is 0 Å². The molecule has 0 aliphatic carbocycles. The van der Waals surface area contributed by atoms with Crippen LogP contribution in [0.2, 0.25) is 0 Å². The van der Waals surface area contributed by atoms with Crippen molar-refractivity contribution < 1.29 is 19.7 Å². The second kappa shape index (κ2) is 7.26. The Labute approximate surface area is 108 Å². The van der Waals surface area contributed by atoms with Crippen molar-refractivity contribution in [2.75, 3.05) is 19.8 Å². The zero-order valence-corrected chi connectivity index (χ0v) is 10.7. The minimum absolute atomic E-state index is 0.0129. The van der Waals surface area contributed by atoms with Crippen LogP contribution < -0.4 is 10.1 Å². The fraction of sp³-hybridized carbons (Fsp3) is 0.364. The summed E-state index contributed by atoms with van der Waals surface area (Å²) < 4.78 is 6.14. The molecule has 1 atom stereocenters. The number of carbonyl (C=O) groups excluding carboxylic acids is 1. The van der Waals surface area contributed by atoms with Crippen molar-refractivity contribution in [1.29, 1.82) is 0 Å². The predicted molar refractivity (Wildman–Crippen MR) is 65.7 cm³/mol. The molecule has 0 saturated carbocycles. The van der Waals surface area contributed by atoms with Crippen LogP contribution in [0.4, 0.5) is 0 Å². The first-order valence-electron chi connectivity index (χ1n) is 5.06. The summed E-state index contributed by atoms with van der Waals surface area (Å²) in [7, 11) is 0. The average molecular weight is 304 g/mol. The van der Waals surface area contributed by atoms with Crippen LogP contribution in [0.15, 0.2) is 28.7 Å². The lowest BCUT2D eigenvalue weighted by Crippen LogP contribution is -2.36. The fourth-order valence-electron chi connectivity index (χ4n) is 1.03. The number of rotatable bonds is 6. The monoisotopic (exact) mass is 303 g/mol. The van der Waals surface area contributed by atoms with E-state index in [1.165, 1.54) is 0 Å². The van der Waals surface area contributed by atoms with E-state index < -0.39 is 6.10 Å². The molecule has 0 aliphatic rings. The van der Waals surface area contributed by atoms with Gasteiger partial charge in [-0.15, -0.1) is 0 Å². The molecule has 6 heteroatoms. The average Bonchev–Trinajstić information content (AvgIpc) is 2.35. The summed E-state index contributed by atoms with van der Waals surface area (Å²) in [4.78, 5) is 11.3. The number of hydrogen-bond donors (Lipinski definition) is 3. The lowest BCUT2D eigenvalue weighted by molar-refractivity contribution is -0.123. The van der Waals surface area contributed by atoms with Crippen LogP contribution in [0, 0.1) is 0 Å². The van der Waals surface area contributed by atoms with Gasteiger partial charge in [-0.1, -0.05) is 15.9 Å². The molecule has 0 spiro atoms. The summed E-state index contributed by atoms with van der Waals surface area (Å²) in [6.07, 6.45) is -0.938. The molecule has 0 fully saturated rings. The van der Waals surface area contributed by atoms with Gasteiger partial charge in [0.15, 0.2) is 6.61 Å². The van der Waals surface area contributed by atoms with E-state index in [1.807, 2.05) is 12.1 Å². The third-order valence-electron chi connectivity index (χ3n) is 1.93. The number of nitrogens with one attached hydrogen (secondary N) is 1. The Morgan fingerprint density at radius 3 is 2.65 bits per heavy atom. The lowest BCUT2D eigenvalue weighted by atomic mass is 10.3. The van der Waals surface area contributed by atoms with Crippen molar-refractivity contribution in [1.82, 2.24) is 5.32 Å². The first-order valence-corrected chi connectivity index (χ1v) is 5.85. The Morgan fingerprint density at radius 2 is 2.06 bits per heavy atom. The van der Waals surface area contributed by atoms with E-state index in [2.05, 4.69) is 21.2 Å². The Bertz CT molecular complexity index is 355.